The quantitative estimate of drug-likeness (QED) is 0.571. The Morgan fingerprint density at radius 1 is 0.966 bits per heavy atom. The van der Waals surface area contributed by atoms with Gasteiger partial charge in [-0.15, -0.1) is 0 Å². The summed E-state index contributed by atoms with van der Waals surface area (Å²) in [7, 11) is 3.20. The standard InChI is InChI=1S/C21H23N3O5/c1-4-24(11-14-5-7-17-19(9-14)28-13-27-17)12-20-22-21(23-29-20)15-6-8-16(25-2)18(10-15)26-3/h5-10H,4,11-13H2,1-3H3. The van der Waals surface area contributed by atoms with Crippen LogP contribution in [0.15, 0.2) is 40.9 Å². The number of rotatable bonds is 8. The lowest BCUT2D eigenvalue weighted by Gasteiger charge is -2.18. The van der Waals surface area contributed by atoms with Crippen LogP contribution in [0.25, 0.3) is 11.4 Å². The first kappa shape index (κ1) is 19.1. The molecule has 1 aliphatic rings. The van der Waals surface area contributed by atoms with Crippen molar-refractivity contribution in [2.24, 2.45) is 0 Å². The lowest BCUT2D eigenvalue weighted by Crippen LogP contribution is -2.22. The second-order valence-electron chi connectivity index (χ2n) is 6.57. The highest BCUT2D eigenvalue weighted by atomic mass is 16.7. The van der Waals surface area contributed by atoms with Crippen molar-refractivity contribution in [3.05, 3.63) is 47.9 Å². The molecule has 0 bridgehead atoms. The maximum Gasteiger partial charge on any atom is 0.241 e. The SMILES string of the molecule is CCN(Cc1ccc2c(c1)OCO2)Cc1nc(-c2ccc(OC)c(OC)c2)no1. The minimum Gasteiger partial charge on any atom is -0.493 e. The van der Waals surface area contributed by atoms with E-state index in [1.807, 2.05) is 36.4 Å². The molecule has 0 radical (unpaired) electrons. The summed E-state index contributed by atoms with van der Waals surface area (Å²) >= 11 is 0. The predicted molar refractivity (Wildman–Crippen MR) is 105 cm³/mol. The molecule has 0 amide bonds. The Morgan fingerprint density at radius 2 is 1.79 bits per heavy atom. The first-order chi connectivity index (χ1) is 14.2. The van der Waals surface area contributed by atoms with Gasteiger partial charge in [-0.3, -0.25) is 4.90 Å². The number of ether oxygens (including phenoxy) is 4. The van der Waals surface area contributed by atoms with E-state index in [0.29, 0.717) is 29.8 Å². The highest BCUT2D eigenvalue weighted by Gasteiger charge is 2.17. The normalized spacial score (nSPS) is 12.4. The molecule has 0 unspecified atom stereocenters. The van der Waals surface area contributed by atoms with Crippen molar-refractivity contribution in [3.63, 3.8) is 0 Å². The minimum atomic E-state index is 0.275. The van der Waals surface area contributed by atoms with E-state index in [0.717, 1.165) is 35.7 Å². The van der Waals surface area contributed by atoms with Crippen LogP contribution in [-0.4, -0.2) is 42.6 Å². The maximum absolute atomic E-state index is 5.47. The van der Waals surface area contributed by atoms with E-state index in [1.165, 1.54) is 0 Å². The molecule has 0 N–H and O–H groups in total. The minimum absolute atomic E-state index is 0.275. The maximum atomic E-state index is 5.47. The third-order valence-electron chi connectivity index (χ3n) is 4.76. The fraction of sp³-hybridized carbons (Fsp3) is 0.333. The van der Waals surface area contributed by atoms with Crippen LogP contribution in [-0.2, 0) is 13.1 Å². The zero-order valence-electron chi connectivity index (χ0n) is 16.7. The van der Waals surface area contributed by atoms with Crippen LogP contribution in [0.5, 0.6) is 23.0 Å². The van der Waals surface area contributed by atoms with Gasteiger partial charge in [0, 0.05) is 12.1 Å². The van der Waals surface area contributed by atoms with Crippen molar-refractivity contribution in [2.75, 3.05) is 27.6 Å². The van der Waals surface area contributed by atoms with E-state index in [2.05, 4.69) is 22.0 Å². The smallest absolute Gasteiger partial charge is 0.241 e. The van der Waals surface area contributed by atoms with Gasteiger partial charge in [0.05, 0.1) is 20.8 Å². The lowest BCUT2D eigenvalue weighted by atomic mass is 10.2. The topological polar surface area (TPSA) is 79.1 Å². The molecule has 2 heterocycles. The third kappa shape index (κ3) is 4.12. The molecule has 4 rings (SSSR count). The summed E-state index contributed by atoms with van der Waals surface area (Å²) in [5.74, 6) is 3.91. The average molecular weight is 397 g/mol. The third-order valence-corrected chi connectivity index (χ3v) is 4.76. The van der Waals surface area contributed by atoms with Gasteiger partial charge in [-0.25, -0.2) is 0 Å². The number of nitrogens with zero attached hydrogens (tertiary/aromatic N) is 3. The molecular weight excluding hydrogens is 374 g/mol. The fourth-order valence-electron chi connectivity index (χ4n) is 3.18. The summed E-state index contributed by atoms with van der Waals surface area (Å²) in [4.78, 5) is 6.75. The van der Waals surface area contributed by atoms with Gasteiger partial charge in [-0.1, -0.05) is 18.1 Å². The first-order valence-corrected chi connectivity index (χ1v) is 9.36. The molecular formula is C21H23N3O5. The van der Waals surface area contributed by atoms with Crippen LogP contribution in [0.2, 0.25) is 0 Å². The van der Waals surface area contributed by atoms with Gasteiger partial charge in [0.15, 0.2) is 23.0 Å². The van der Waals surface area contributed by atoms with Crippen molar-refractivity contribution in [2.45, 2.75) is 20.0 Å². The molecule has 8 nitrogen and oxygen atoms in total. The second kappa shape index (κ2) is 8.40. The first-order valence-electron chi connectivity index (χ1n) is 9.36. The summed E-state index contributed by atoms with van der Waals surface area (Å²) in [6.07, 6.45) is 0. The molecule has 1 aromatic heterocycles. The molecule has 0 aliphatic carbocycles. The van der Waals surface area contributed by atoms with Crippen molar-refractivity contribution >= 4 is 0 Å². The number of hydrogen-bond acceptors (Lipinski definition) is 8. The number of hydrogen-bond donors (Lipinski definition) is 0. The molecule has 29 heavy (non-hydrogen) atoms. The van der Waals surface area contributed by atoms with Crippen molar-refractivity contribution in [1.29, 1.82) is 0 Å². The highest BCUT2D eigenvalue weighted by Crippen LogP contribution is 2.33. The van der Waals surface area contributed by atoms with Crippen LogP contribution in [0.1, 0.15) is 18.4 Å². The Morgan fingerprint density at radius 3 is 2.59 bits per heavy atom. The summed E-state index contributed by atoms with van der Waals surface area (Å²) in [6.45, 7) is 4.49. The summed E-state index contributed by atoms with van der Waals surface area (Å²) < 4.78 is 26.9. The Kier molecular flexibility index (Phi) is 5.53. The van der Waals surface area contributed by atoms with Crippen LogP contribution in [0.3, 0.4) is 0 Å². The van der Waals surface area contributed by atoms with Crippen molar-refractivity contribution in [1.82, 2.24) is 15.0 Å². The van der Waals surface area contributed by atoms with Crippen molar-refractivity contribution < 1.29 is 23.5 Å². The Balaban J connectivity index is 1.46. The number of fused-ring (bicyclic) bond motifs is 1. The lowest BCUT2D eigenvalue weighted by molar-refractivity contribution is 0.174. The van der Waals surface area contributed by atoms with Gasteiger partial charge in [0.25, 0.3) is 0 Å². The fourth-order valence-corrected chi connectivity index (χ4v) is 3.18. The van der Waals surface area contributed by atoms with Crippen LogP contribution >= 0.6 is 0 Å². The van der Waals surface area contributed by atoms with E-state index < -0.39 is 0 Å². The van der Waals surface area contributed by atoms with E-state index in [1.54, 1.807) is 14.2 Å². The number of methoxy groups -OCH3 is 2. The highest BCUT2D eigenvalue weighted by molar-refractivity contribution is 5.60. The zero-order valence-corrected chi connectivity index (χ0v) is 16.7. The zero-order chi connectivity index (χ0) is 20.2. The molecule has 0 spiro atoms. The number of aromatic nitrogens is 2. The second-order valence-corrected chi connectivity index (χ2v) is 6.57. The van der Waals surface area contributed by atoms with E-state index in [-0.39, 0.29) is 6.79 Å². The van der Waals surface area contributed by atoms with Gasteiger partial charge < -0.3 is 23.5 Å². The summed E-state index contributed by atoms with van der Waals surface area (Å²) in [6, 6.07) is 11.5. The molecule has 0 saturated heterocycles. The molecule has 0 fully saturated rings. The van der Waals surface area contributed by atoms with Gasteiger partial charge in [0.2, 0.25) is 18.5 Å². The Bertz CT molecular complexity index is 988. The molecule has 0 saturated carbocycles. The molecule has 3 aromatic rings. The van der Waals surface area contributed by atoms with Gasteiger partial charge in [0.1, 0.15) is 0 Å². The van der Waals surface area contributed by atoms with E-state index in [9.17, 15) is 0 Å². The summed E-state index contributed by atoms with van der Waals surface area (Å²) in [5, 5.41) is 4.11. The molecule has 1 aliphatic heterocycles. The molecule has 8 heteroatoms. The molecule has 2 aromatic carbocycles. The largest absolute Gasteiger partial charge is 0.493 e. The van der Waals surface area contributed by atoms with Gasteiger partial charge in [-0.2, -0.15) is 4.98 Å². The summed E-state index contributed by atoms with van der Waals surface area (Å²) in [5.41, 5.74) is 1.94. The monoisotopic (exact) mass is 397 g/mol. The van der Waals surface area contributed by atoms with E-state index >= 15 is 0 Å². The van der Waals surface area contributed by atoms with Crippen LogP contribution < -0.4 is 18.9 Å². The molecule has 152 valence electrons. The average Bonchev–Trinajstić information content (AvgIpc) is 3.41. The Labute approximate surface area is 168 Å². The van der Waals surface area contributed by atoms with E-state index in [4.69, 9.17) is 23.5 Å². The number of benzene rings is 2. The van der Waals surface area contributed by atoms with Gasteiger partial charge in [-0.05, 0) is 42.4 Å². The molecule has 0 atom stereocenters. The van der Waals surface area contributed by atoms with Crippen LogP contribution in [0, 0.1) is 0 Å². The van der Waals surface area contributed by atoms with Crippen LogP contribution in [0.4, 0.5) is 0 Å². The van der Waals surface area contributed by atoms with Crippen molar-refractivity contribution in [3.8, 4) is 34.4 Å². The Hall–Kier alpha value is -3.26. The van der Waals surface area contributed by atoms with Gasteiger partial charge >= 0.3 is 0 Å². The predicted octanol–water partition coefficient (Wildman–Crippen LogP) is 3.50.